The summed E-state index contributed by atoms with van der Waals surface area (Å²) in [6.07, 6.45) is 2.51. The van der Waals surface area contributed by atoms with E-state index in [0.717, 1.165) is 11.4 Å². The third-order valence-corrected chi connectivity index (χ3v) is 3.90. The monoisotopic (exact) mass is 225 g/mol. The lowest BCUT2D eigenvalue weighted by molar-refractivity contribution is 0.618. The molecule has 1 fully saturated rings. The molecule has 1 unspecified atom stereocenters. The average molecular weight is 225 g/mol. The number of hydrogen-bond acceptors (Lipinski definition) is 2. The van der Waals surface area contributed by atoms with Crippen molar-refractivity contribution in [2.24, 2.45) is 0 Å². The Hall–Kier alpha value is -0.700. The van der Waals surface area contributed by atoms with Crippen molar-refractivity contribution in [1.82, 2.24) is 0 Å². The Bertz CT molecular complexity index is 334. The van der Waals surface area contributed by atoms with Gasteiger partial charge in [0, 0.05) is 17.5 Å². The minimum absolute atomic E-state index is 0.126. The van der Waals surface area contributed by atoms with Crippen molar-refractivity contribution < 1.29 is 4.39 Å². The molecule has 0 aliphatic carbocycles. The Morgan fingerprint density at radius 1 is 1.47 bits per heavy atom. The normalized spacial score (nSPS) is 21.3. The van der Waals surface area contributed by atoms with Crippen LogP contribution in [-0.4, -0.2) is 17.5 Å². The highest BCUT2D eigenvalue weighted by Gasteiger charge is 2.13. The first-order valence-corrected chi connectivity index (χ1v) is 6.51. The minimum Gasteiger partial charge on any atom is -0.381 e. The van der Waals surface area contributed by atoms with E-state index in [9.17, 15) is 4.39 Å². The van der Waals surface area contributed by atoms with Crippen LogP contribution in [-0.2, 0) is 0 Å². The van der Waals surface area contributed by atoms with Crippen LogP contribution in [0, 0.1) is 12.7 Å². The summed E-state index contributed by atoms with van der Waals surface area (Å²) in [5.74, 6) is 2.32. The molecule has 0 aromatic heterocycles. The van der Waals surface area contributed by atoms with Crippen LogP contribution in [0.4, 0.5) is 10.1 Å². The molecule has 0 radical (unpaired) electrons. The fourth-order valence-corrected chi connectivity index (χ4v) is 2.90. The first-order valence-electron chi connectivity index (χ1n) is 5.36. The van der Waals surface area contributed by atoms with Gasteiger partial charge < -0.3 is 5.32 Å². The minimum atomic E-state index is -0.126. The lowest BCUT2D eigenvalue weighted by atomic mass is 10.1. The lowest BCUT2D eigenvalue weighted by Crippen LogP contribution is -2.25. The molecule has 1 atom stereocenters. The van der Waals surface area contributed by atoms with Gasteiger partial charge in [-0.3, -0.25) is 0 Å². The Morgan fingerprint density at radius 2 is 2.33 bits per heavy atom. The van der Waals surface area contributed by atoms with E-state index in [1.807, 2.05) is 23.9 Å². The zero-order valence-electron chi connectivity index (χ0n) is 8.92. The average Bonchev–Trinajstić information content (AvgIpc) is 2.25. The van der Waals surface area contributed by atoms with Gasteiger partial charge in [0.25, 0.3) is 0 Å². The first kappa shape index (κ1) is 10.8. The number of hydrogen-bond donors (Lipinski definition) is 1. The maximum atomic E-state index is 13.0. The molecule has 1 nitrogen and oxygen atoms in total. The van der Waals surface area contributed by atoms with Gasteiger partial charge in [0.1, 0.15) is 5.82 Å². The maximum absolute atomic E-state index is 13.0. The summed E-state index contributed by atoms with van der Waals surface area (Å²) in [6.45, 7) is 1.80. The van der Waals surface area contributed by atoms with E-state index in [0.29, 0.717) is 11.6 Å². The second-order valence-electron chi connectivity index (χ2n) is 4.02. The van der Waals surface area contributed by atoms with Gasteiger partial charge in [-0.15, -0.1) is 0 Å². The summed E-state index contributed by atoms with van der Waals surface area (Å²) in [5, 5.41) is 3.46. The summed E-state index contributed by atoms with van der Waals surface area (Å²) < 4.78 is 13.0. The molecule has 0 bridgehead atoms. The van der Waals surface area contributed by atoms with Crippen LogP contribution >= 0.6 is 11.8 Å². The zero-order chi connectivity index (χ0) is 10.7. The molecule has 1 aromatic carbocycles. The van der Waals surface area contributed by atoms with E-state index in [4.69, 9.17) is 0 Å². The number of anilines is 1. The van der Waals surface area contributed by atoms with Crippen LogP contribution in [0.25, 0.3) is 0 Å². The number of benzene rings is 1. The number of nitrogens with one attached hydrogen (secondary N) is 1. The van der Waals surface area contributed by atoms with Crippen molar-refractivity contribution in [1.29, 1.82) is 0 Å². The highest BCUT2D eigenvalue weighted by molar-refractivity contribution is 7.99. The molecular formula is C12H16FNS. The van der Waals surface area contributed by atoms with Crippen molar-refractivity contribution in [3.05, 3.63) is 29.6 Å². The van der Waals surface area contributed by atoms with Crippen LogP contribution in [0.1, 0.15) is 18.4 Å². The molecule has 0 amide bonds. The van der Waals surface area contributed by atoms with Gasteiger partial charge in [0.2, 0.25) is 0 Å². The van der Waals surface area contributed by atoms with Crippen molar-refractivity contribution in [2.45, 2.75) is 25.8 Å². The van der Waals surface area contributed by atoms with E-state index >= 15 is 0 Å². The van der Waals surface area contributed by atoms with Gasteiger partial charge in [-0.1, -0.05) is 0 Å². The molecule has 0 saturated carbocycles. The van der Waals surface area contributed by atoms with Crippen molar-refractivity contribution >= 4 is 17.4 Å². The van der Waals surface area contributed by atoms with E-state index in [2.05, 4.69) is 5.32 Å². The number of halogens is 1. The topological polar surface area (TPSA) is 12.0 Å². The van der Waals surface area contributed by atoms with Crippen LogP contribution in [0.2, 0.25) is 0 Å². The molecule has 82 valence electrons. The third kappa shape index (κ3) is 2.88. The van der Waals surface area contributed by atoms with Crippen molar-refractivity contribution in [3.63, 3.8) is 0 Å². The molecular weight excluding hydrogens is 209 g/mol. The highest BCUT2D eigenvalue weighted by atomic mass is 32.2. The molecule has 0 spiro atoms. The largest absolute Gasteiger partial charge is 0.381 e. The highest BCUT2D eigenvalue weighted by Crippen LogP contribution is 2.21. The molecule has 1 N–H and O–H groups in total. The van der Waals surface area contributed by atoms with Gasteiger partial charge >= 0.3 is 0 Å². The number of thioether (sulfide) groups is 1. The summed E-state index contributed by atoms with van der Waals surface area (Å²) in [7, 11) is 0. The van der Waals surface area contributed by atoms with Crippen LogP contribution < -0.4 is 5.32 Å². The SMILES string of the molecule is Cc1cc(NC2CCCSC2)ccc1F. The summed E-state index contributed by atoms with van der Waals surface area (Å²) >= 11 is 1.99. The maximum Gasteiger partial charge on any atom is 0.126 e. The lowest BCUT2D eigenvalue weighted by Gasteiger charge is -2.23. The Kier molecular flexibility index (Phi) is 3.52. The Balaban J connectivity index is 2.00. The standard InChI is InChI=1S/C12H16FNS/c1-9-7-10(4-5-12(9)13)14-11-3-2-6-15-8-11/h4-5,7,11,14H,2-3,6,8H2,1H3. The predicted octanol–water partition coefficient (Wildman–Crippen LogP) is 3.44. The molecule has 1 heterocycles. The Morgan fingerprint density at radius 3 is 3.00 bits per heavy atom. The summed E-state index contributed by atoms with van der Waals surface area (Å²) in [6, 6.07) is 5.79. The van der Waals surface area contributed by atoms with Crippen LogP contribution in [0.3, 0.4) is 0 Å². The van der Waals surface area contributed by atoms with Gasteiger partial charge in [0.05, 0.1) is 0 Å². The zero-order valence-corrected chi connectivity index (χ0v) is 9.74. The van der Waals surface area contributed by atoms with E-state index in [1.165, 1.54) is 24.7 Å². The van der Waals surface area contributed by atoms with E-state index in [1.54, 1.807) is 6.92 Å². The first-order chi connectivity index (χ1) is 7.25. The molecule has 1 saturated heterocycles. The molecule has 1 aliphatic heterocycles. The predicted molar refractivity (Wildman–Crippen MR) is 65.1 cm³/mol. The van der Waals surface area contributed by atoms with Gasteiger partial charge in [-0.25, -0.2) is 4.39 Å². The van der Waals surface area contributed by atoms with Crippen LogP contribution in [0.15, 0.2) is 18.2 Å². The fraction of sp³-hybridized carbons (Fsp3) is 0.500. The second-order valence-corrected chi connectivity index (χ2v) is 5.17. The van der Waals surface area contributed by atoms with Gasteiger partial charge in [-0.05, 0) is 49.3 Å². The third-order valence-electron chi connectivity index (χ3n) is 2.69. The molecule has 2 rings (SSSR count). The number of aryl methyl sites for hydroxylation is 1. The summed E-state index contributed by atoms with van der Waals surface area (Å²) in [5.41, 5.74) is 1.75. The fourth-order valence-electron chi connectivity index (χ4n) is 1.82. The molecule has 3 heteroatoms. The second kappa shape index (κ2) is 4.88. The van der Waals surface area contributed by atoms with Crippen LogP contribution in [0.5, 0.6) is 0 Å². The summed E-state index contributed by atoms with van der Waals surface area (Å²) in [4.78, 5) is 0. The number of rotatable bonds is 2. The molecule has 1 aliphatic rings. The Labute approximate surface area is 94.5 Å². The van der Waals surface area contributed by atoms with E-state index < -0.39 is 0 Å². The van der Waals surface area contributed by atoms with E-state index in [-0.39, 0.29) is 5.82 Å². The van der Waals surface area contributed by atoms with Gasteiger partial charge in [-0.2, -0.15) is 11.8 Å². The smallest absolute Gasteiger partial charge is 0.126 e. The van der Waals surface area contributed by atoms with Gasteiger partial charge in [0.15, 0.2) is 0 Å². The van der Waals surface area contributed by atoms with Crippen molar-refractivity contribution in [2.75, 3.05) is 16.8 Å². The molecule has 1 aromatic rings. The molecule has 15 heavy (non-hydrogen) atoms. The quantitative estimate of drug-likeness (QED) is 0.827. The van der Waals surface area contributed by atoms with Crippen molar-refractivity contribution in [3.8, 4) is 0 Å².